The van der Waals surface area contributed by atoms with E-state index >= 15 is 0 Å². The first-order chi connectivity index (χ1) is 10.6. The molecule has 0 fully saturated rings. The van der Waals surface area contributed by atoms with Crippen LogP contribution >= 0.6 is 0 Å². The molecule has 0 spiro atoms. The smallest absolute Gasteiger partial charge is 0.532 e. The highest BCUT2D eigenvalue weighted by Crippen LogP contribution is 2.39. The number of para-hydroxylation sites is 1. The molecule has 0 amide bonds. The minimum absolute atomic E-state index is 0.0625. The molecule has 0 unspecified atom stereocenters. The van der Waals surface area contributed by atoms with Gasteiger partial charge in [-0.3, -0.25) is 0 Å². The molecule has 0 aliphatic rings. The summed E-state index contributed by atoms with van der Waals surface area (Å²) in [5.74, 6) is 0.795. The highest BCUT2D eigenvalue weighted by molar-refractivity contribution is 6.60. The fourth-order valence-electron chi connectivity index (χ4n) is 2.64. The van der Waals surface area contributed by atoms with Crippen LogP contribution in [0.3, 0.4) is 0 Å². The van der Waals surface area contributed by atoms with Crippen molar-refractivity contribution in [1.29, 1.82) is 0 Å². The third-order valence-electron chi connectivity index (χ3n) is 3.95. The van der Waals surface area contributed by atoms with Crippen LogP contribution in [0.4, 0.5) is 0 Å². The Morgan fingerprint density at radius 1 is 0.739 bits per heavy atom. The van der Waals surface area contributed by atoms with E-state index in [0.29, 0.717) is 0 Å². The monoisotopic (exact) mass is 310 g/mol. The van der Waals surface area contributed by atoms with Crippen molar-refractivity contribution >= 4 is 12.6 Å². The van der Waals surface area contributed by atoms with Gasteiger partial charge in [0.05, 0.1) is 0 Å². The number of hydrogen-bond acceptors (Lipinski definition) is 2. The van der Waals surface area contributed by atoms with Crippen molar-refractivity contribution in [1.82, 2.24) is 0 Å². The van der Waals surface area contributed by atoms with E-state index in [1.807, 2.05) is 30.3 Å². The van der Waals surface area contributed by atoms with E-state index in [1.54, 1.807) is 0 Å². The summed E-state index contributed by atoms with van der Waals surface area (Å²) in [6.07, 6.45) is 0. The lowest BCUT2D eigenvalue weighted by atomic mass is 9.76. The van der Waals surface area contributed by atoms with Crippen LogP contribution in [0.1, 0.15) is 52.7 Å². The highest BCUT2D eigenvalue weighted by atomic mass is 16.5. The molecule has 0 aliphatic heterocycles. The van der Waals surface area contributed by atoms with Crippen molar-refractivity contribution in [2.75, 3.05) is 0 Å². The fraction of sp³-hybridized carbons (Fsp3) is 0.400. The Kier molecular flexibility index (Phi) is 4.91. The molecule has 0 saturated carbocycles. The lowest BCUT2D eigenvalue weighted by molar-refractivity contribution is 0.409. The van der Waals surface area contributed by atoms with Gasteiger partial charge in [0, 0.05) is 0 Å². The summed E-state index contributed by atoms with van der Waals surface area (Å²) in [5.41, 5.74) is 2.86. The Morgan fingerprint density at radius 2 is 1.22 bits per heavy atom. The van der Waals surface area contributed by atoms with Crippen LogP contribution in [0, 0.1) is 0 Å². The molecule has 23 heavy (non-hydrogen) atoms. The zero-order chi connectivity index (χ0) is 17.3. The van der Waals surface area contributed by atoms with Gasteiger partial charge in [0.2, 0.25) is 0 Å². The second-order valence-electron chi connectivity index (χ2n) is 8.06. The lowest BCUT2D eigenvalue weighted by Gasteiger charge is -2.30. The lowest BCUT2D eigenvalue weighted by Crippen LogP contribution is -2.38. The van der Waals surface area contributed by atoms with Gasteiger partial charge in [-0.05, 0) is 27.4 Å². The van der Waals surface area contributed by atoms with Crippen LogP contribution in [0.2, 0.25) is 0 Å². The minimum Gasteiger partial charge on any atom is -0.532 e. The quantitative estimate of drug-likeness (QED) is 0.867. The van der Waals surface area contributed by atoms with Gasteiger partial charge in [-0.2, -0.15) is 0 Å². The topological polar surface area (TPSA) is 29.5 Å². The van der Waals surface area contributed by atoms with Gasteiger partial charge in [-0.25, -0.2) is 0 Å². The summed E-state index contributed by atoms with van der Waals surface area (Å²) in [6, 6.07) is 15.7. The molecule has 0 radical (unpaired) electrons. The van der Waals surface area contributed by atoms with E-state index in [9.17, 15) is 5.02 Å². The van der Waals surface area contributed by atoms with E-state index in [0.717, 1.165) is 22.3 Å². The van der Waals surface area contributed by atoms with Gasteiger partial charge in [0.1, 0.15) is 5.75 Å². The van der Waals surface area contributed by atoms with E-state index < -0.39 is 7.12 Å². The minimum atomic E-state index is -0.971. The Morgan fingerprint density at radius 3 is 1.65 bits per heavy atom. The molecule has 2 aromatic carbocycles. The first-order valence-corrected chi connectivity index (χ1v) is 8.14. The Balaban J connectivity index is 2.50. The normalized spacial score (nSPS) is 12.1. The van der Waals surface area contributed by atoms with Gasteiger partial charge >= 0.3 is 7.12 Å². The summed E-state index contributed by atoms with van der Waals surface area (Å²) in [4.78, 5) is 0. The molecule has 2 aromatic rings. The SMILES string of the molecule is CC(C)(C)c1cccc(C(C)(C)C)c1OB(O)c1ccccc1. The van der Waals surface area contributed by atoms with Gasteiger partial charge < -0.3 is 9.68 Å². The molecule has 1 N–H and O–H groups in total. The number of hydrogen-bond donors (Lipinski definition) is 1. The number of rotatable bonds is 3. The molecule has 2 nitrogen and oxygen atoms in total. The predicted octanol–water partition coefficient (Wildman–Crippen LogP) is 4.05. The summed E-state index contributed by atoms with van der Waals surface area (Å²) < 4.78 is 6.07. The van der Waals surface area contributed by atoms with Gasteiger partial charge in [0.25, 0.3) is 0 Å². The summed E-state index contributed by atoms with van der Waals surface area (Å²) >= 11 is 0. The standard InChI is InChI=1S/C20H27BO2/c1-19(2,3)16-13-10-14-17(20(4,5)6)18(16)23-21(22)15-11-8-7-9-12-15/h7-14,22H,1-6H3. The average molecular weight is 310 g/mol. The van der Waals surface area contributed by atoms with Crippen molar-refractivity contribution in [3.8, 4) is 5.75 Å². The van der Waals surface area contributed by atoms with E-state index in [-0.39, 0.29) is 10.8 Å². The molecule has 122 valence electrons. The van der Waals surface area contributed by atoms with Crippen LogP contribution in [0.15, 0.2) is 48.5 Å². The first kappa shape index (κ1) is 17.6. The largest absolute Gasteiger partial charge is 0.560 e. The summed E-state index contributed by atoms with van der Waals surface area (Å²) in [6.45, 7) is 13.0. The van der Waals surface area contributed by atoms with Gasteiger partial charge in [0.15, 0.2) is 0 Å². The van der Waals surface area contributed by atoms with Gasteiger partial charge in [-0.15, -0.1) is 0 Å². The molecule has 3 heteroatoms. The van der Waals surface area contributed by atoms with E-state index in [1.165, 1.54) is 0 Å². The zero-order valence-corrected chi connectivity index (χ0v) is 15.1. The fourth-order valence-corrected chi connectivity index (χ4v) is 2.64. The van der Waals surface area contributed by atoms with Crippen molar-refractivity contribution in [3.05, 3.63) is 59.7 Å². The average Bonchev–Trinajstić information content (AvgIpc) is 2.46. The van der Waals surface area contributed by atoms with Crippen LogP contribution < -0.4 is 10.1 Å². The number of benzene rings is 2. The summed E-state index contributed by atoms with van der Waals surface area (Å²) in [5, 5.41) is 10.5. The molecule has 0 atom stereocenters. The predicted molar refractivity (Wildman–Crippen MR) is 98.5 cm³/mol. The maximum Gasteiger partial charge on any atom is 0.560 e. The van der Waals surface area contributed by atoms with Gasteiger partial charge in [-0.1, -0.05) is 90.1 Å². The van der Waals surface area contributed by atoms with E-state index in [4.69, 9.17) is 4.65 Å². The van der Waals surface area contributed by atoms with Crippen molar-refractivity contribution in [3.63, 3.8) is 0 Å². The van der Waals surface area contributed by atoms with Crippen molar-refractivity contribution in [2.45, 2.75) is 52.4 Å². The Hall–Kier alpha value is -1.74. The third kappa shape index (κ3) is 4.17. The van der Waals surface area contributed by atoms with Crippen LogP contribution in [0.5, 0.6) is 5.75 Å². The van der Waals surface area contributed by atoms with Crippen LogP contribution in [0.25, 0.3) is 0 Å². The molecule has 0 heterocycles. The zero-order valence-electron chi connectivity index (χ0n) is 15.1. The van der Waals surface area contributed by atoms with E-state index in [2.05, 4.69) is 59.7 Å². The highest BCUT2D eigenvalue weighted by Gasteiger charge is 2.29. The Bertz CT molecular complexity index is 619. The van der Waals surface area contributed by atoms with Crippen LogP contribution in [-0.4, -0.2) is 12.1 Å². The van der Waals surface area contributed by atoms with Crippen molar-refractivity contribution < 1.29 is 9.68 Å². The summed E-state index contributed by atoms with van der Waals surface area (Å²) in [7, 11) is -0.971. The second-order valence-corrected chi connectivity index (χ2v) is 8.06. The molecular weight excluding hydrogens is 283 g/mol. The molecule has 0 aliphatic carbocycles. The molecule has 2 rings (SSSR count). The first-order valence-electron chi connectivity index (χ1n) is 8.14. The molecular formula is C20H27BO2. The maximum atomic E-state index is 10.5. The van der Waals surface area contributed by atoms with Crippen molar-refractivity contribution in [2.24, 2.45) is 0 Å². The Labute approximate surface area is 140 Å². The van der Waals surface area contributed by atoms with Crippen LogP contribution in [-0.2, 0) is 10.8 Å². The second kappa shape index (κ2) is 6.41. The molecule has 0 saturated heterocycles. The molecule has 0 bridgehead atoms. The molecule has 0 aromatic heterocycles. The third-order valence-corrected chi connectivity index (χ3v) is 3.95. The maximum absolute atomic E-state index is 10.5.